The molecule has 0 radical (unpaired) electrons. The number of halogens is 1. The van der Waals surface area contributed by atoms with Crippen molar-refractivity contribution in [3.8, 4) is 5.75 Å². The highest BCUT2D eigenvalue weighted by Crippen LogP contribution is 2.11. The summed E-state index contributed by atoms with van der Waals surface area (Å²) in [5, 5.41) is 8.81. The molecule has 0 aliphatic carbocycles. The Labute approximate surface area is 154 Å². The Balaban J connectivity index is 0.00000484. The van der Waals surface area contributed by atoms with Gasteiger partial charge in [0.05, 0.1) is 20.3 Å². The van der Waals surface area contributed by atoms with Gasteiger partial charge in [-0.15, -0.1) is 24.0 Å². The number of amides is 1. The minimum atomic E-state index is -0.110. The molecule has 1 rings (SSSR count). The number of nitrogens with zero attached hydrogens (tertiary/aromatic N) is 1. The Morgan fingerprint density at radius 1 is 1.22 bits per heavy atom. The monoisotopic (exact) mass is 436 g/mol. The second-order valence-electron chi connectivity index (χ2n) is 4.47. The van der Waals surface area contributed by atoms with Crippen LogP contribution in [0.1, 0.15) is 5.56 Å². The van der Waals surface area contributed by atoms with E-state index in [1.54, 1.807) is 21.3 Å². The van der Waals surface area contributed by atoms with Gasteiger partial charge in [0.25, 0.3) is 0 Å². The molecule has 1 aromatic carbocycles. The highest BCUT2D eigenvalue weighted by molar-refractivity contribution is 14.0. The third-order valence-electron chi connectivity index (χ3n) is 2.86. The van der Waals surface area contributed by atoms with Crippen LogP contribution < -0.4 is 20.7 Å². The fraction of sp³-hybridized carbons (Fsp3) is 0.467. The van der Waals surface area contributed by atoms with Crippen LogP contribution in [-0.4, -0.2) is 52.8 Å². The number of carbonyl (C=O) groups excluding carboxylic acids is 1. The van der Waals surface area contributed by atoms with E-state index in [9.17, 15) is 4.79 Å². The third-order valence-corrected chi connectivity index (χ3v) is 2.86. The maximum Gasteiger partial charge on any atom is 0.239 e. The molecule has 130 valence electrons. The molecule has 23 heavy (non-hydrogen) atoms. The molecule has 0 spiro atoms. The zero-order valence-electron chi connectivity index (χ0n) is 13.7. The van der Waals surface area contributed by atoms with Gasteiger partial charge in [-0.2, -0.15) is 0 Å². The predicted molar refractivity (Wildman–Crippen MR) is 101 cm³/mol. The summed E-state index contributed by atoms with van der Waals surface area (Å²) in [5.74, 6) is 1.26. The Morgan fingerprint density at radius 2 is 2.00 bits per heavy atom. The van der Waals surface area contributed by atoms with E-state index in [2.05, 4.69) is 20.9 Å². The number of ether oxygens (including phenoxy) is 2. The fourth-order valence-electron chi connectivity index (χ4n) is 1.71. The molecule has 3 N–H and O–H groups in total. The average molecular weight is 436 g/mol. The van der Waals surface area contributed by atoms with Gasteiger partial charge in [-0.05, 0) is 17.7 Å². The molecular formula is C15H25IN4O3. The van der Waals surface area contributed by atoms with Crippen molar-refractivity contribution in [2.75, 3.05) is 41.0 Å². The van der Waals surface area contributed by atoms with Gasteiger partial charge in [-0.1, -0.05) is 12.1 Å². The zero-order chi connectivity index (χ0) is 16.2. The molecule has 1 aromatic rings. The normalized spacial score (nSPS) is 10.5. The van der Waals surface area contributed by atoms with Crippen LogP contribution in [0.15, 0.2) is 29.3 Å². The number of methoxy groups -OCH3 is 2. The summed E-state index contributed by atoms with van der Waals surface area (Å²) in [6.45, 7) is 1.73. The first-order valence-electron chi connectivity index (χ1n) is 7.02. The van der Waals surface area contributed by atoms with E-state index in [0.29, 0.717) is 25.7 Å². The van der Waals surface area contributed by atoms with Gasteiger partial charge >= 0.3 is 0 Å². The quantitative estimate of drug-likeness (QED) is 0.242. The smallest absolute Gasteiger partial charge is 0.239 e. The zero-order valence-corrected chi connectivity index (χ0v) is 16.0. The highest BCUT2D eigenvalue weighted by Gasteiger charge is 2.03. The first-order chi connectivity index (χ1) is 10.7. The number of benzene rings is 1. The molecular weight excluding hydrogens is 411 g/mol. The van der Waals surface area contributed by atoms with Crippen LogP contribution in [0.2, 0.25) is 0 Å². The Bertz CT molecular complexity index is 497. The minimum absolute atomic E-state index is 0. The van der Waals surface area contributed by atoms with Gasteiger partial charge in [-0.3, -0.25) is 9.79 Å². The number of rotatable bonds is 8. The summed E-state index contributed by atoms with van der Waals surface area (Å²) in [6.07, 6.45) is 0. The average Bonchev–Trinajstić information content (AvgIpc) is 2.55. The molecule has 0 bridgehead atoms. The van der Waals surface area contributed by atoms with E-state index in [4.69, 9.17) is 9.47 Å². The summed E-state index contributed by atoms with van der Waals surface area (Å²) < 4.78 is 10.0. The predicted octanol–water partition coefficient (Wildman–Crippen LogP) is 0.741. The van der Waals surface area contributed by atoms with Crippen molar-refractivity contribution < 1.29 is 14.3 Å². The van der Waals surface area contributed by atoms with Gasteiger partial charge in [0.15, 0.2) is 5.96 Å². The lowest BCUT2D eigenvalue weighted by atomic mass is 10.2. The Hall–Kier alpha value is -1.55. The largest absolute Gasteiger partial charge is 0.497 e. The molecule has 8 heteroatoms. The molecule has 0 fully saturated rings. The van der Waals surface area contributed by atoms with Crippen LogP contribution in [0.5, 0.6) is 5.75 Å². The number of guanidine groups is 1. The van der Waals surface area contributed by atoms with Crippen LogP contribution >= 0.6 is 24.0 Å². The van der Waals surface area contributed by atoms with E-state index in [1.165, 1.54) is 0 Å². The lowest BCUT2D eigenvalue weighted by molar-refractivity contribution is -0.120. The lowest BCUT2D eigenvalue weighted by Gasteiger charge is -2.12. The van der Waals surface area contributed by atoms with Crippen molar-refractivity contribution in [2.45, 2.75) is 6.54 Å². The number of hydrogen-bond acceptors (Lipinski definition) is 4. The lowest BCUT2D eigenvalue weighted by Crippen LogP contribution is -2.43. The van der Waals surface area contributed by atoms with Gasteiger partial charge in [0.2, 0.25) is 5.91 Å². The number of nitrogens with one attached hydrogen (secondary N) is 3. The molecule has 0 unspecified atom stereocenters. The highest BCUT2D eigenvalue weighted by atomic mass is 127. The van der Waals surface area contributed by atoms with Crippen LogP contribution in [0.3, 0.4) is 0 Å². The van der Waals surface area contributed by atoms with E-state index in [1.807, 2.05) is 24.3 Å². The summed E-state index contributed by atoms with van der Waals surface area (Å²) in [6, 6.07) is 7.74. The van der Waals surface area contributed by atoms with E-state index >= 15 is 0 Å². The van der Waals surface area contributed by atoms with E-state index in [-0.39, 0.29) is 36.4 Å². The van der Waals surface area contributed by atoms with E-state index in [0.717, 1.165) is 11.3 Å². The first kappa shape index (κ1) is 21.4. The summed E-state index contributed by atoms with van der Waals surface area (Å²) in [5.41, 5.74) is 1.06. The maximum atomic E-state index is 11.6. The molecule has 0 aliphatic rings. The van der Waals surface area contributed by atoms with Crippen molar-refractivity contribution >= 4 is 35.8 Å². The third kappa shape index (κ3) is 9.24. The van der Waals surface area contributed by atoms with E-state index < -0.39 is 0 Å². The summed E-state index contributed by atoms with van der Waals surface area (Å²) in [4.78, 5) is 15.6. The molecule has 7 nitrogen and oxygen atoms in total. The van der Waals surface area contributed by atoms with Gasteiger partial charge in [-0.25, -0.2) is 0 Å². The van der Waals surface area contributed by atoms with Crippen molar-refractivity contribution in [1.29, 1.82) is 0 Å². The SMILES string of the molecule is CN=C(NCC(=O)NCCOC)NCc1cccc(OC)c1.I. The molecule has 0 saturated carbocycles. The van der Waals surface area contributed by atoms with Crippen molar-refractivity contribution in [3.05, 3.63) is 29.8 Å². The van der Waals surface area contributed by atoms with Gasteiger partial charge in [0, 0.05) is 27.2 Å². The standard InChI is InChI=1S/C15H24N4O3.HI/c1-16-15(19-11-14(20)17-7-8-21-2)18-10-12-5-4-6-13(9-12)22-3;/h4-6,9H,7-8,10-11H2,1-3H3,(H,17,20)(H2,16,18,19);1H. The Kier molecular flexibility index (Phi) is 12.1. The molecule has 0 atom stereocenters. The second kappa shape index (κ2) is 12.9. The molecule has 0 heterocycles. The van der Waals surface area contributed by atoms with Gasteiger partial charge < -0.3 is 25.4 Å². The second-order valence-corrected chi connectivity index (χ2v) is 4.47. The van der Waals surface area contributed by atoms with Crippen LogP contribution in [0.4, 0.5) is 0 Å². The molecule has 1 amide bonds. The number of carbonyl (C=O) groups is 1. The Morgan fingerprint density at radius 3 is 2.65 bits per heavy atom. The molecule has 0 aromatic heterocycles. The van der Waals surface area contributed by atoms with Crippen molar-refractivity contribution in [2.24, 2.45) is 4.99 Å². The minimum Gasteiger partial charge on any atom is -0.497 e. The van der Waals surface area contributed by atoms with Crippen LogP contribution in [-0.2, 0) is 16.1 Å². The number of hydrogen-bond donors (Lipinski definition) is 3. The fourth-order valence-corrected chi connectivity index (χ4v) is 1.71. The van der Waals surface area contributed by atoms with Crippen LogP contribution in [0, 0.1) is 0 Å². The molecule has 0 aliphatic heterocycles. The van der Waals surface area contributed by atoms with Crippen molar-refractivity contribution in [1.82, 2.24) is 16.0 Å². The molecule has 0 saturated heterocycles. The first-order valence-corrected chi connectivity index (χ1v) is 7.02. The topological polar surface area (TPSA) is 84.0 Å². The van der Waals surface area contributed by atoms with Crippen LogP contribution in [0.25, 0.3) is 0 Å². The summed E-state index contributed by atoms with van der Waals surface area (Å²) >= 11 is 0. The maximum absolute atomic E-state index is 11.6. The van der Waals surface area contributed by atoms with Crippen molar-refractivity contribution in [3.63, 3.8) is 0 Å². The van der Waals surface area contributed by atoms with Gasteiger partial charge in [0.1, 0.15) is 5.75 Å². The summed E-state index contributed by atoms with van der Waals surface area (Å²) in [7, 11) is 4.88. The number of aliphatic imine (C=N–C) groups is 1.